The summed E-state index contributed by atoms with van der Waals surface area (Å²) in [5, 5.41) is 19.5. The zero-order valence-electron chi connectivity index (χ0n) is 8.06. The molecule has 0 unspecified atom stereocenters. The van der Waals surface area contributed by atoms with Gasteiger partial charge in [-0.1, -0.05) is 0 Å². The van der Waals surface area contributed by atoms with Gasteiger partial charge in [0, 0.05) is 5.56 Å². The van der Waals surface area contributed by atoms with Gasteiger partial charge in [-0.05, 0) is 13.0 Å². The third kappa shape index (κ3) is 2.81. The summed E-state index contributed by atoms with van der Waals surface area (Å²) in [5.74, 6) is -1.81. The number of hydrogen-bond donors (Lipinski definition) is 3. The van der Waals surface area contributed by atoms with Crippen LogP contribution >= 0.6 is 0 Å². The first-order chi connectivity index (χ1) is 7.02. The van der Waals surface area contributed by atoms with Crippen molar-refractivity contribution in [2.24, 2.45) is 0 Å². The standard InChI is InChI=1S/C9H11NO5/c1-5-2-3-15-7(5)8(12)10-4-6(11)9(13)14/h2-3,6,11H,4H2,1H3,(H,10,12)(H,13,14)/t6-/m0/s1. The summed E-state index contributed by atoms with van der Waals surface area (Å²) in [4.78, 5) is 21.6. The molecule has 1 aromatic rings. The number of rotatable bonds is 4. The lowest BCUT2D eigenvalue weighted by atomic mass is 10.2. The van der Waals surface area contributed by atoms with Gasteiger partial charge in [-0.15, -0.1) is 0 Å². The number of hydrogen-bond acceptors (Lipinski definition) is 4. The van der Waals surface area contributed by atoms with Gasteiger partial charge >= 0.3 is 5.97 Å². The molecule has 1 rings (SSSR count). The van der Waals surface area contributed by atoms with Crippen molar-refractivity contribution < 1.29 is 24.2 Å². The maximum atomic E-state index is 11.3. The fraction of sp³-hybridized carbons (Fsp3) is 0.333. The Hall–Kier alpha value is -1.82. The summed E-state index contributed by atoms with van der Waals surface area (Å²) in [6.45, 7) is 1.33. The van der Waals surface area contributed by atoms with Gasteiger partial charge in [-0.3, -0.25) is 4.79 Å². The zero-order valence-corrected chi connectivity index (χ0v) is 8.06. The fourth-order valence-corrected chi connectivity index (χ4v) is 0.962. The second-order valence-electron chi connectivity index (χ2n) is 3.00. The number of carboxylic acid groups (broad SMARTS) is 1. The second-order valence-corrected chi connectivity index (χ2v) is 3.00. The number of carboxylic acids is 1. The van der Waals surface area contributed by atoms with Crippen LogP contribution in [0.15, 0.2) is 16.7 Å². The molecular weight excluding hydrogens is 202 g/mol. The minimum Gasteiger partial charge on any atom is -0.479 e. The van der Waals surface area contributed by atoms with Gasteiger partial charge in [-0.25, -0.2) is 4.79 Å². The van der Waals surface area contributed by atoms with Gasteiger partial charge in [0.25, 0.3) is 5.91 Å². The molecule has 3 N–H and O–H groups in total. The molecule has 6 heteroatoms. The predicted molar refractivity (Wildman–Crippen MR) is 49.4 cm³/mol. The highest BCUT2D eigenvalue weighted by Gasteiger charge is 2.17. The first-order valence-electron chi connectivity index (χ1n) is 4.25. The Kier molecular flexibility index (Phi) is 3.46. The molecule has 1 aromatic heterocycles. The highest BCUT2D eigenvalue weighted by atomic mass is 16.4. The topological polar surface area (TPSA) is 99.8 Å². The smallest absolute Gasteiger partial charge is 0.334 e. The van der Waals surface area contributed by atoms with Crippen molar-refractivity contribution in [2.45, 2.75) is 13.0 Å². The second kappa shape index (κ2) is 4.61. The third-order valence-corrected chi connectivity index (χ3v) is 1.81. The van der Waals surface area contributed by atoms with Gasteiger partial charge in [0.1, 0.15) is 0 Å². The summed E-state index contributed by atoms with van der Waals surface area (Å²) >= 11 is 0. The van der Waals surface area contributed by atoms with E-state index in [1.165, 1.54) is 6.26 Å². The molecule has 0 aliphatic carbocycles. The first-order valence-corrected chi connectivity index (χ1v) is 4.25. The molecule has 0 saturated heterocycles. The number of carbonyl (C=O) groups excluding carboxylic acids is 1. The summed E-state index contributed by atoms with van der Waals surface area (Å²) in [5.41, 5.74) is 0.650. The lowest BCUT2D eigenvalue weighted by Gasteiger charge is -2.06. The molecule has 0 aliphatic rings. The van der Waals surface area contributed by atoms with Crippen molar-refractivity contribution in [3.8, 4) is 0 Å². The zero-order chi connectivity index (χ0) is 11.4. The maximum Gasteiger partial charge on any atom is 0.334 e. The van der Waals surface area contributed by atoms with E-state index in [-0.39, 0.29) is 12.3 Å². The normalized spacial score (nSPS) is 12.1. The Morgan fingerprint density at radius 3 is 2.73 bits per heavy atom. The van der Waals surface area contributed by atoms with E-state index in [1.54, 1.807) is 13.0 Å². The number of furan rings is 1. The highest BCUT2D eigenvalue weighted by molar-refractivity contribution is 5.93. The molecule has 0 bridgehead atoms. The Bertz CT molecular complexity index is 370. The van der Waals surface area contributed by atoms with Gasteiger partial charge in [0.05, 0.1) is 12.8 Å². The van der Waals surface area contributed by atoms with E-state index in [4.69, 9.17) is 14.6 Å². The molecule has 0 fully saturated rings. The Morgan fingerprint density at radius 1 is 1.60 bits per heavy atom. The molecule has 6 nitrogen and oxygen atoms in total. The Balaban J connectivity index is 2.51. The number of carbonyl (C=O) groups is 2. The molecule has 0 radical (unpaired) electrons. The molecule has 15 heavy (non-hydrogen) atoms. The number of aliphatic carboxylic acids is 1. The number of aryl methyl sites for hydroxylation is 1. The summed E-state index contributed by atoms with van der Waals surface area (Å²) in [7, 11) is 0. The van der Waals surface area contributed by atoms with Crippen molar-refractivity contribution in [1.82, 2.24) is 5.32 Å². The van der Waals surface area contributed by atoms with Crippen LogP contribution in [0.3, 0.4) is 0 Å². The van der Waals surface area contributed by atoms with Crippen LogP contribution in [0.2, 0.25) is 0 Å². The number of nitrogens with one attached hydrogen (secondary N) is 1. The van der Waals surface area contributed by atoms with E-state index >= 15 is 0 Å². The fourth-order valence-electron chi connectivity index (χ4n) is 0.962. The van der Waals surface area contributed by atoms with Crippen LogP contribution in [-0.4, -0.2) is 34.7 Å². The summed E-state index contributed by atoms with van der Waals surface area (Å²) in [6.07, 6.45) is -0.248. The van der Waals surface area contributed by atoms with Crippen molar-refractivity contribution in [3.05, 3.63) is 23.7 Å². The van der Waals surface area contributed by atoms with Crippen LogP contribution < -0.4 is 5.32 Å². The number of amides is 1. The van der Waals surface area contributed by atoms with E-state index in [2.05, 4.69) is 5.32 Å². The maximum absolute atomic E-state index is 11.3. The van der Waals surface area contributed by atoms with Crippen LogP contribution in [0, 0.1) is 6.92 Å². The lowest BCUT2D eigenvalue weighted by Crippen LogP contribution is -2.36. The van der Waals surface area contributed by atoms with Crippen LogP contribution in [0.1, 0.15) is 16.1 Å². The van der Waals surface area contributed by atoms with Gasteiger partial charge < -0.3 is 19.9 Å². The molecular formula is C9H11NO5. The minimum absolute atomic E-state index is 0.118. The van der Waals surface area contributed by atoms with Crippen LogP contribution in [-0.2, 0) is 4.79 Å². The van der Waals surface area contributed by atoms with Crippen molar-refractivity contribution >= 4 is 11.9 Å². The van der Waals surface area contributed by atoms with Gasteiger partial charge in [0.15, 0.2) is 11.9 Å². The largest absolute Gasteiger partial charge is 0.479 e. The quantitative estimate of drug-likeness (QED) is 0.641. The average Bonchev–Trinajstić information content (AvgIpc) is 2.60. The number of aliphatic hydroxyl groups excluding tert-OH is 1. The molecule has 1 amide bonds. The Labute approximate surface area is 85.5 Å². The van der Waals surface area contributed by atoms with E-state index in [9.17, 15) is 9.59 Å². The van der Waals surface area contributed by atoms with E-state index in [0.717, 1.165) is 0 Å². The summed E-state index contributed by atoms with van der Waals surface area (Å²) in [6, 6.07) is 1.61. The highest BCUT2D eigenvalue weighted by Crippen LogP contribution is 2.07. The third-order valence-electron chi connectivity index (χ3n) is 1.81. The Morgan fingerprint density at radius 2 is 2.27 bits per heavy atom. The van der Waals surface area contributed by atoms with E-state index in [0.29, 0.717) is 5.56 Å². The number of aliphatic hydroxyl groups is 1. The van der Waals surface area contributed by atoms with Crippen molar-refractivity contribution in [3.63, 3.8) is 0 Å². The predicted octanol–water partition coefficient (Wildman–Crippen LogP) is -0.237. The molecule has 82 valence electrons. The molecule has 0 saturated carbocycles. The molecule has 1 heterocycles. The van der Waals surface area contributed by atoms with Crippen LogP contribution in [0.25, 0.3) is 0 Å². The van der Waals surface area contributed by atoms with Crippen molar-refractivity contribution in [1.29, 1.82) is 0 Å². The average molecular weight is 213 g/mol. The SMILES string of the molecule is Cc1ccoc1C(=O)NC[C@H](O)C(=O)O. The van der Waals surface area contributed by atoms with E-state index < -0.39 is 18.0 Å². The first kappa shape index (κ1) is 11.3. The minimum atomic E-state index is -1.61. The van der Waals surface area contributed by atoms with Crippen molar-refractivity contribution in [2.75, 3.05) is 6.54 Å². The van der Waals surface area contributed by atoms with Gasteiger partial charge in [0.2, 0.25) is 0 Å². The summed E-state index contributed by atoms with van der Waals surface area (Å²) < 4.78 is 4.88. The molecule has 0 aliphatic heterocycles. The molecule has 1 atom stereocenters. The monoisotopic (exact) mass is 213 g/mol. The van der Waals surface area contributed by atoms with Gasteiger partial charge in [-0.2, -0.15) is 0 Å². The lowest BCUT2D eigenvalue weighted by molar-refractivity contribution is -0.146. The molecule has 0 spiro atoms. The van der Waals surface area contributed by atoms with E-state index in [1.807, 2.05) is 0 Å². The van der Waals surface area contributed by atoms with Crippen LogP contribution in [0.5, 0.6) is 0 Å². The molecule has 0 aromatic carbocycles. The van der Waals surface area contributed by atoms with Crippen LogP contribution in [0.4, 0.5) is 0 Å².